The summed E-state index contributed by atoms with van der Waals surface area (Å²) in [5.41, 5.74) is 5.13. The number of benzene rings is 5. The van der Waals surface area contributed by atoms with E-state index in [-0.39, 0.29) is 17.0 Å². The minimum atomic E-state index is -0.208. The van der Waals surface area contributed by atoms with Crippen LogP contribution in [0.4, 0.5) is 0 Å². The van der Waals surface area contributed by atoms with Crippen LogP contribution in [0.25, 0.3) is 0 Å². The third kappa shape index (κ3) is 6.12. The highest BCUT2D eigenvalue weighted by atomic mass is 16.5. The number of ketones is 2. The summed E-state index contributed by atoms with van der Waals surface area (Å²) in [6, 6.07) is 38.5. The Morgan fingerprint density at radius 3 is 1.76 bits per heavy atom. The molecule has 0 saturated heterocycles. The normalized spacial score (nSPS) is 11.1. The Balaban J connectivity index is 1.26. The van der Waals surface area contributed by atoms with Crippen LogP contribution in [0.15, 0.2) is 115 Å². The van der Waals surface area contributed by atoms with E-state index in [2.05, 4.69) is 44.2 Å². The number of carbonyl (C=O) groups is 2. The van der Waals surface area contributed by atoms with Gasteiger partial charge < -0.3 is 9.47 Å². The average molecular weight is 540 g/mol. The maximum Gasteiger partial charge on any atom is 0.193 e. The van der Waals surface area contributed by atoms with Crippen LogP contribution in [0.2, 0.25) is 0 Å². The number of hydrogen-bond donors (Lipinski definition) is 0. The quantitative estimate of drug-likeness (QED) is 0.177. The number of ether oxygens (including phenoxy) is 2. The molecule has 0 N–H and O–H groups in total. The molecule has 5 rings (SSSR count). The number of methoxy groups -OCH3 is 1. The van der Waals surface area contributed by atoms with Gasteiger partial charge in [0.1, 0.15) is 17.2 Å². The van der Waals surface area contributed by atoms with Gasteiger partial charge in [0.05, 0.1) is 7.11 Å². The van der Waals surface area contributed by atoms with Gasteiger partial charge in [-0.3, -0.25) is 9.59 Å². The predicted molar refractivity (Wildman–Crippen MR) is 161 cm³/mol. The average Bonchev–Trinajstić information content (AvgIpc) is 3.01. The van der Waals surface area contributed by atoms with Crippen molar-refractivity contribution in [3.63, 3.8) is 0 Å². The molecular weight excluding hydrogens is 508 g/mol. The van der Waals surface area contributed by atoms with Gasteiger partial charge in [0.25, 0.3) is 0 Å². The SMILES string of the molecule is COc1ccc(C(C)(C)c2ccc(Oc3c[c]c(C(=O)c4cccc(C(=O)c5ccc(C)cc5)c4)cc3)cc2)cc1. The fourth-order valence-corrected chi connectivity index (χ4v) is 4.69. The molecular formula is C37H31O4. The Morgan fingerprint density at radius 1 is 0.634 bits per heavy atom. The zero-order chi connectivity index (χ0) is 29.0. The number of hydrogen-bond acceptors (Lipinski definition) is 4. The first-order chi connectivity index (χ1) is 19.7. The van der Waals surface area contributed by atoms with Gasteiger partial charge >= 0.3 is 0 Å². The van der Waals surface area contributed by atoms with Crippen LogP contribution in [0.3, 0.4) is 0 Å². The first-order valence-electron chi connectivity index (χ1n) is 13.5. The Hall–Kier alpha value is -4.96. The molecule has 5 aromatic carbocycles. The summed E-state index contributed by atoms with van der Waals surface area (Å²) in [5.74, 6) is 1.77. The fourth-order valence-electron chi connectivity index (χ4n) is 4.69. The van der Waals surface area contributed by atoms with Crippen LogP contribution in [0.1, 0.15) is 62.4 Å². The molecule has 0 saturated carbocycles. The monoisotopic (exact) mass is 539 g/mol. The molecule has 0 amide bonds. The van der Waals surface area contributed by atoms with Gasteiger partial charge in [-0.1, -0.05) is 86.1 Å². The van der Waals surface area contributed by atoms with Crippen LogP contribution >= 0.6 is 0 Å². The summed E-state index contributed by atoms with van der Waals surface area (Å²) in [4.78, 5) is 26.1. The van der Waals surface area contributed by atoms with E-state index in [0.717, 1.165) is 16.9 Å². The minimum absolute atomic E-state index is 0.120. The van der Waals surface area contributed by atoms with E-state index in [1.54, 1.807) is 61.7 Å². The Morgan fingerprint density at radius 2 is 1.20 bits per heavy atom. The highest BCUT2D eigenvalue weighted by Gasteiger charge is 2.23. The Kier molecular flexibility index (Phi) is 7.84. The molecule has 0 bridgehead atoms. The van der Waals surface area contributed by atoms with Crippen molar-refractivity contribution in [2.45, 2.75) is 26.2 Å². The largest absolute Gasteiger partial charge is 0.497 e. The molecule has 5 aromatic rings. The molecule has 0 atom stereocenters. The fraction of sp³-hybridized carbons (Fsp3) is 0.135. The minimum Gasteiger partial charge on any atom is -0.497 e. The van der Waals surface area contributed by atoms with Crippen molar-refractivity contribution >= 4 is 11.6 Å². The number of rotatable bonds is 9. The van der Waals surface area contributed by atoms with Gasteiger partial charge in [0.2, 0.25) is 0 Å². The van der Waals surface area contributed by atoms with Gasteiger partial charge in [0.15, 0.2) is 11.6 Å². The Labute approximate surface area is 241 Å². The van der Waals surface area contributed by atoms with Crippen molar-refractivity contribution in [3.8, 4) is 17.2 Å². The van der Waals surface area contributed by atoms with E-state index in [1.807, 2.05) is 43.3 Å². The molecule has 0 aliphatic rings. The van der Waals surface area contributed by atoms with E-state index in [1.165, 1.54) is 5.56 Å². The maximum atomic E-state index is 13.2. The first-order valence-corrected chi connectivity index (χ1v) is 13.5. The third-order valence-electron chi connectivity index (χ3n) is 7.35. The van der Waals surface area contributed by atoms with E-state index in [9.17, 15) is 9.59 Å². The molecule has 4 nitrogen and oxygen atoms in total. The molecule has 0 aromatic heterocycles. The van der Waals surface area contributed by atoms with E-state index in [4.69, 9.17) is 9.47 Å². The van der Waals surface area contributed by atoms with Gasteiger partial charge in [0, 0.05) is 27.7 Å². The van der Waals surface area contributed by atoms with E-state index in [0.29, 0.717) is 33.8 Å². The van der Waals surface area contributed by atoms with Crippen molar-refractivity contribution in [2.75, 3.05) is 7.11 Å². The highest BCUT2D eigenvalue weighted by molar-refractivity contribution is 6.13. The molecule has 4 heteroatoms. The van der Waals surface area contributed by atoms with Crippen LogP contribution in [0.5, 0.6) is 17.2 Å². The molecule has 0 spiro atoms. The van der Waals surface area contributed by atoms with Crippen LogP contribution in [-0.4, -0.2) is 18.7 Å². The van der Waals surface area contributed by atoms with Gasteiger partial charge in [-0.2, -0.15) is 0 Å². The summed E-state index contributed by atoms with van der Waals surface area (Å²) in [5, 5.41) is 0. The number of aryl methyl sites for hydroxylation is 1. The van der Waals surface area contributed by atoms with E-state index >= 15 is 0 Å². The van der Waals surface area contributed by atoms with Crippen molar-refractivity contribution in [2.24, 2.45) is 0 Å². The maximum absolute atomic E-state index is 13.2. The lowest BCUT2D eigenvalue weighted by molar-refractivity contribution is 0.103. The van der Waals surface area contributed by atoms with Crippen LogP contribution in [-0.2, 0) is 5.41 Å². The van der Waals surface area contributed by atoms with E-state index < -0.39 is 0 Å². The summed E-state index contributed by atoms with van der Waals surface area (Å²) < 4.78 is 11.3. The smallest absolute Gasteiger partial charge is 0.193 e. The standard InChI is InChI=1S/C37H31O4/c1-25-8-10-26(11-9-25)35(38)28-6-5-7-29(24-28)36(39)27-12-18-33(19-13-27)41-34-22-16-31(17-23-34)37(2,3)30-14-20-32(40-4)21-15-30/h5-12,14-24H,1-4H3. The first kappa shape index (κ1) is 27.6. The topological polar surface area (TPSA) is 52.6 Å². The van der Waals surface area contributed by atoms with Gasteiger partial charge in [-0.25, -0.2) is 0 Å². The molecule has 0 fully saturated rings. The predicted octanol–water partition coefficient (Wildman–Crippen LogP) is 8.38. The molecule has 41 heavy (non-hydrogen) atoms. The molecule has 203 valence electrons. The second kappa shape index (κ2) is 11.6. The van der Waals surface area contributed by atoms with Crippen molar-refractivity contribution in [3.05, 3.63) is 160 Å². The Bertz CT molecular complexity index is 1660. The second-order valence-electron chi connectivity index (χ2n) is 10.5. The zero-order valence-corrected chi connectivity index (χ0v) is 23.6. The molecule has 1 radical (unpaired) electrons. The molecule has 0 heterocycles. The highest BCUT2D eigenvalue weighted by Crippen LogP contribution is 2.34. The lowest BCUT2D eigenvalue weighted by Crippen LogP contribution is -2.18. The van der Waals surface area contributed by atoms with Crippen LogP contribution < -0.4 is 9.47 Å². The van der Waals surface area contributed by atoms with Crippen molar-refractivity contribution in [1.29, 1.82) is 0 Å². The zero-order valence-electron chi connectivity index (χ0n) is 23.6. The third-order valence-corrected chi connectivity index (χ3v) is 7.35. The molecule has 0 aliphatic carbocycles. The number of carbonyl (C=O) groups excluding carboxylic acids is 2. The van der Waals surface area contributed by atoms with Crippen LogP contribution in [0, 0.1) is 13.0 Å². The van der Waals surface area contributed by atoms with Gasteiger partial charge in [-0.15, -0.1) is 0 Å². The summed E-state index contributed by atoms with van der Waals surface area (Å²) in [6.07, 6.45) is 0. The van der Waals surface area contributed by atoms with Gasteiger partial charge in [-0.05, 0) is 72.6 Å². The molecule has 0 aliphatic heterocycles. The molecule has 0 unspecified atom stereocenters. The summed E-state index contributed by atoms with van der Waals surface area (Å²) in [6.45, 7) is 6.34. The van der Waals surface area contributed by atoms with Crippen molar-refractivity contribution in [1.82, 2.24) is 0 Å². The second-order valence-corrected chi connectivity index (χ2v) is 10.5. The lowest BCUT2D eigenvalue weighted by atomic mass is 9.78. The lowest BCUT2D eigenvalue weighted by Gasteiger charge is -2.26. The summed E-state index contributed by atoms with van der Waals surface area (Å²) in [7, 11) is 1.66. The van der Waals surface area contributed by atoms with Crippen molar-refractivity contribution < 1.29 is 19.1 Å². The summed E-state index contributed by atoms with van der Waals surface area (Å²) >= 11 is 0.